The highest BCUT2D eigenvalue weighted by Crippen LogP contribution is 2.28. The highest BCUT2D eigenvalue weighted by molar-refractivity contribution is 5.96. The van der Waals surface area contributed by atoms with Crippen LogP contribution in [0.3, 0.4) is 0 Å². The van der Waals surface area contributed by atoms with Crippen molar-refractivity contribution in [1.29, 1.82) is 0 Å². The smallest absolute Gasteiger partial charge is 0.325 e. The van der Waals surface area contributed by atoms with E-state index in [9.17, 15) is 14.4 Å². The van der Waals surface area contributed by atoms with Gasteiger partial charge in [0.15, 0.2) is 11.5 Å². The summed E-state index contributed by atoms with van der Waals surface area (Å²) >= 11 is 0. The number of rotatable bonds is 9. The maximum Gasteiger partial charge on any atom is 0.325 e. The Balaban J connectivity index is 1.58. The molecule has 0 bridgehead atoms. The quantitative estimate of drug-likeness (QED) is 0.510. The molecule has 9 heteroatoms. The first kappa shape index (κ1) is 22.8. The molecule has 2 heterocycles. The standard InChI is InChI=1S/C23H25N3O6/c1-4-30-18-10-9-16(11-19(18)31-5-2)23(29)24-13-22(28)32-14-17-12-21(27)26-15(3)7-6-8-20(26)25-17/h6-12H,4-5,13-14H2,1-3H3,(H,24,29). The summed E-state index contributed by atoms with van der Waals surface area (Å²) in [6.07, 6.45) is 0. The lowest BCUT2D eigenvalue weighted by molar-refractivity contribution is -0.143. The van der Waals surface area contributed by atoms with Gasteiger partial charge in [-0.3, -0.25) is 18.8 Å². The van der Waals surface area contributed by atoms with E-state index in [0.717, 1.165) is 5.69 Å². The molecule has 3 aromatic rings. The van der Waals surface area contributed by atoms with Crippen LogP contribution in [0.2, 0.25) is 0 Å². The van der Waals surface area contributed by atoms with Crippen LogP contribution in [0.4, 0.5) is 0 Å². The molecular weight excluding hydrogens is 414 g/mol. The summed E-state index contributed by atoms with van der Waals surface area (Å²) in [6, 6.07) is 11.4. The van der Waals surface area contributed by atoms with Gasteiger partial charge in [-0.25, -0.2) is 4.98 Å². The normalized spacial score (nSPS) is 10.6. The van der Waals surface area contributed by atoms with E-state index in [4.69, 9.17) is 14.2 Å². The average molecular weight is 439 g/mol. The van der Waals surface area contributed by atoms with Crippen molar-refractivity contribution in [2.24, 2.45) is 0 Å². The Kier molecular flexibility index (Phi) is 7.43. The van der Waals surface area contributed by atoms with E-state index in [-0.39, 0.29) is 18.7 Å². The highest BCUT2D eigenvalue weighted by Gasteiger charge is 2.14. The zero-order valence-electron chi connectivity index (χ0n) is 18.2. The van der Waals surface area contributed by atoms with Gasteiger partial charge in [0.05, 0.1) is 18.9 Å². The van der Waals surface area contributed by atoms with Crippen molar-refractivity contribution < 1.29 is 23.8 Å². The molecule has 0 saturated heterocycles. The van der Waals surface area contributed by atoms with Gasteiger partial charge in [0.2, 0.25) is 0 Å². The van der Waals surface area contributed by atoms with Gasteiger partial charge in [-0.05, 0) is 51.1 Å². The lowest BCUT2D eigenvalue weighted by Gasteiger charge is -2.12. The zero-order chi connectivity index (χ0) is 23.1. The maximum absolute atomic E-state index is 12.4. The fourth-order valence-corrected chi connectivity index (χ4v) is 3.09. The third-order valence-corrected chi connectivity index (χ3v) is 4.51. The van der Waals surface area contributed by atoms with Gasteiger partial charge in [-0.2, -0.15) is 0 Å². The summed E-state index contributed by atoms with van der Waals surface area (Å²) in [4.78, 5) is 41.1. The fourth-order valence-electron chi connectivity index (χ4n) is 3.09. The predicted octanol–water partition coefficient (Wildman–Crippen LogP) is 2.27. The van der Waals surface area contributed by atoms with Crippen LogP contribution in [0.1, 0.15) is 35.6 Å². The number of aromatic nitrogens is 2. The Morgan fingerprint density at radius 2 is 1.78 bits per heavy atom. The van der Waals surface area contributed by atoms with E-state index in [1.807, 2.05) is 13.8 Å². The molecular formula is C23H25N3O6. The van der Waals surface area contributed by atoms with Gasteiger partial charge < -0.3 is 19.5 Å². The monoisotopic (exact) mass is 439 g/mol. The number of ether oxygens (including phenoxy) is 3. The Hall–Kier alpha value is -3.88. The maximum atomic E-state index is 12.4. The molecule has 3 rings (SSSR count). The van der Waals surface area contributed by atoms with Gasteiger partial charge in [0, 0.05) is 17.3 Å². The molecule has 0 aliphatic rings. The van der Waals surface area contributed by atoms with Crippen molar-refractivity contribution >= 4 is 17.5 Å². The second-order valence-corrected chi connectivity index (χ2v) is 6.82. The van der Waals surface area contributed by atoms with Crippen LogP contribution in [-0.4, -0.2) is 41.0 Å². The number of nitrogens with zero attached hydrogens (tertiary/aromatic N) is 2. The van der Waals surface area contributed by atoms with E-state index < -0.39 is 11.9 Å². The van der Waals surface area contributed by atoms with Gasteiger partial charge in [0.1, 0.15) is 18.8 Å². The third kappa shape index (κ3) is 5.42. The van der Waals surface area contributed by atoms with Crippen molar-refractivity contribution in [3.63, 3.8) is 0 Å². The number of esters is 1. The highest BCUT2D eigenvalue weighted by atomic mass is 16.5. The number of carbonyl (C=O) groups is 2. The SMILES string of the molecule is CCOc1ccc(C(=O)NCC(=O)OCc2cc(=O)n3c(C)cccc3n2)cc1OCC. The number of aryl methyl sites for hydroxylation is 1. The summed E-state index contributed by atoms with van der Waals surface area (Å²) < 4.78 is 17.6. The van der Waals surface area contributed by atoms with Crippen LogP contribution in [0.15, 0.2) is 47.3 Å². The predicted molar refractivity (Wildman–Crippen MR) is 117 cm³/mol. The average Bonchev–Trinajstić information content (AvgIpc) is 2.77. The molecule has 0 fully saturated rings. The minimum Gasteiger partial charge on any atom is -0.490 e. The molecule has 0 atom stereocenters. The van der Waals surface area contributed by atoms with Gasteiger partial charge in [-0.1, -0.05) is 6.07 Å². The first-order valence-corrected chi connectivity index (χ1v) is 10.2. The van der Waals surface area contributed by atoms with Gasteiger partial charge >= 0.3 is 5.97 Å². The largest absolute Gasteiger partial charge is 0.490 e. The summed E-state index contributed by atoms with van der Waals surface area (Å²) in [6.45, 7) is 5.87. The van der Waals surface area contributed by atoms with Gasteiger partial charge in [-0.15, -0.1) is 0 Å². The van der Waals surface area contributed by atoms with E-state index >= 15 is 0 Å². The van der Waals surface area contributed by atoms with Crippen LogP contribution in [0.25, 0.3) is 5.65 Å². The van der Waals surface area contributed by atoms with Crippen LogP contribution >= 0.6 is 0 Å². The first-order valence-electron chi connectivity index (χ1n) is 10.2. The summed E-state index contributed by atoms with van der Waals surface area (Å²) in [5.41, 5.74) is 1.62. The Labute approximate surface area is 184 Å². The van der Waals surface area contributed by atoms with E-state index in [1.54, 1.807) is 43.3 Å². The van der Waals surface area contributed by atoms with Crippen molar-refractivity contribution in [3.05, 3.63) is 69.8 Å². The second-order valence-electron chi connectivity index (χ2n) is 6.82. The minimum absolute atomic E-state index is 0.175. The van der Waals surface area contributed by atoms with E-state index in [2.05, 4.69) is 10.3 Å². The lowest BCUT2D eigenvalue weighted by Crippen LogP contribution is -2.30. The molecule has 0 unspecified atom stereocenters. The molecule has 1 N–H and O–H groups in total. The Morgan fingerprint density at radius 3 is 2.53 bits per heavy atom. The molecule has 0 saturated carbocycles. The molecule has 2 aromatic heterocycles. The summed E-state index contributed by atoms with van der Waals surface area (Å²) in [5.74, 6) is -0.114. The molecule has 0 aliphatic heterocycles. The molecule has 0 aliphatic carbocycles. The number of hydrogen-bond donors (Lipinski definition) is 1. The van der Waals surface area contributed by atoms with Crippen molar-refractivity contribution in [2.45, 2.75) is 27.4 Å². The Bertz CT molecular complexity index is 1190. The van der Waals surface area contributed by atoms with Crippen LogP contribution < -0.4 is 20.3 Å². The van der Waals surface area contributed by atoms with E-state index in [0.29, 0.717) is 41.6 Å². The molecule has 32 heavy (non-hydrogen) atoms. The minimum atomic E-state index is -0.652. The summed E-state index contributed by atoms with van der Waals surface area (Å²) in [7, 11) is 0. The third-order valence-electron chi connectivity index (χ3n) is 4.51. The van der Waals surface area contributed by atoms with Crippen molar-refractivity contribution in [2.75, 3.05) is 19.8 Å². The van der Waals surface area contributed by atoms with Crippen LogP contribution in [-0.2, 0) is 16.1 Å². The van der Waals surface area contributed by atoms with Crippen LogP contribution in [0.5, 0.6) is 11.5 Å². The first-order chi connectivity index (χ1) is 15.4. The number of carbonyl (C=O) groups excluding carboxylic acids is 2. The molecule has 9 nitrogen and oxygen atoms in total. The zero-order valence-corrected chi connectivity index (χ0v) is 18.2. The fraction of sp³-hybridized carbons (Fsp3) is 0.304. The van der Waals surface area contributed by atoms with Gasteiger partial charge in [0.25, 0.3) is 11.5 Å². The molecule has 0 radical (unpaired) electrons. The lowest BCUT2D eigenvalue weighted by atomic mass is 10.2. The number of hydrogen-bond acceptors (Lipinski definition) is 7. The summed E-state index contributed by atoms with van der Waals surface area (Å²) in [5, 5.41) is 2.51. The number of pyridine rings is 1. The number of benzene rings is 1. The number of fused-ring (bicyclic) bond motifs is 1. The Morgan fingerprint density at radius 1 is 1.03 bits per heavy atom. The molecule has 1 amide bonds. The molecule has 1 aromatic carbocycles. The molecule has 168 valence electrons. The van der Waals surface area contributed by atoms with Crippen molar-refractivity contribution in [3.8, 4) is 11.5 Å². The molecule has 0 spiro atoms. The van der Waals surface area contributed by atoms with E-state index in [1.165, 1.54) is 10.5 Å². The number of amides is 1. The second kappa shape index (κ2) is 10.4. The van der Waals surface area contributed by atoms with Crippen molar-refractivity contribution in [1.82, 2.24) is 14.7 Å². The van der Waals surface area contributed by atoms with Crippen LogP contribution in [0, 0.1) is 6.92 Å². The number of nitrogens with one attached hydrogen (secondary N) is 1. The topological polar surface area (TPSA) is 108 Å².